The normalized spacial score (nSPS) is 16.6. The fourth-order valence-corrected chi connectivity index (χ4v) is 5.17. The van der Waals surface area contributed by atoms with E-state index in [9.17, 15) is 14.4 Å². The zero-order valence-corrected chi connectivity index (χ0v) is 20.7. The Bertz CT molecular complexity index is 1100. The Morgan fingerprint density at radius 2 is 1.59 bits per heavy atom. The Hall–Kier alpha value is -3.06. The van der Waals surface area contributed by atoms with Crippen LogP contribution in [-0.4, -0.2) is 29.2 Å². The van der Waals surface area contributed by atoms with Crippen molar-refractivity contribution in [2.24, 2.45) is 11.8 Å². The predicted octanol–water partition coefficient (Wildman–Crippen LogP) is 5.56. The summed E-state index contributed by atoms with van der Waals surface area (Å²) in [5, 5.41) is 6.17. The molecule has 1 saturated carbocycles. The lowest BCUT2D eigenvalue weighted by molar-refractivity contribution is -0.137. The smallest absolute Gasteiger partial charge is 0.278 e. The average molecular weight is 478 g/mol. The van der Waals surface area contributed by atoms with E-state index in [-0.39, 0.29) is 29.6 Å². The number of amides is 3. The fourth-order valence-electron chi connectivity index (χ4n) is 4.23. The van der Waals surface area contributed by atoms with E-state index in [0.29, 0.717) is 17.1 Å². The topological polar surface area (TPSA) is 78.5 Å². The maximum atomic E-state index is 13.2. The Morgan fingerprint density at radius 3 is 2.21 bits per heavy atom. The first-order valence-electron chi connectivity index (χ1n) is 11.8. The van der Waals surface area contributed by atoms with Gasteiger partial charge in [-0.05, 0) is 62.1 Å². The molecule has 4 rings (SSSR count). The number of rotatable bonds is 8. The molecule has 0 unspecified atom stereocenters. The van der Waals surface area contributed by atoms with Crippen molar-refractivity contribution in [1.29, 1.82) is 0 Å². The van der Waals surface area contributed by atoms with Gasteiger partial charge in [-0.25, -0.2) is 0 Å². The van der Waals surface area contributed by atoms with Crippen molar-refractivity contribution in [3.63, 3.8) is 0 Å². The maximum absolute atomic E-state index is 13.2. The summed E-state index contributed by atoms with van der Waals surface area (Å²) in [5.41, 5.74) is 2.92. The number of nitrogens with one attached hydrogen (secondary N) is 2. The number of hydrogen-bond donors (Lipinski definition) is 2. The molecule has 0 atom stereocenters. The van der Waals surface area contributed by atoms with E-state index in [1.807, 2.05) is 69.3 Å². The van der Waals surface area contributed by atoms with Crippen molar-refractivity contribution in [1.82, 2.24) is 4.90 Å². The highest BCUT2D eigenvalue weighted by Gasteiger charge is 2.39. The molecule has 34 heavy (non-hydrogen) atoms. The fraction of sp³-hybridized carbons (Fsp3) is 0.370. The van der Waals surface area contributed by atoms with Crippen LogP contribution in [0.3, 0.4) is 0 Å². The molecule has 3 amide bonds. The van der Waals surface area contributed by atoms with Gasteiger partial charge in [-0.3, -0.25) is 19.3 Å². The molecule has 0 radical (unpaired) electrons. The highest BCUT2D eigenvalue weighted by molar-refractivity contribution is 8.04. The molecule has 2 aromatic rings. The highest BCUT2D eigenvalue weighted by Crippen LogP contribution is 2.36. The van der Waals surface area contributed by atoms with Gasteiger partial charge in [-0.15, -0.1) is 0 Å². The van der Waals surface area contributed by atoms with Gasteiger partial charge < -0.3 is 10.6 Å². The van der Waals surface area contributed by atoms with Gasteiger partial charge in [0.15, 0.2) is 0 Å². The molecule has 0 spiro atoms. The van der Waals surface area contributed by atoms with Crippen LogP contribution < -0.4 is 10.6 Å². The minimum absolute atomic E-state index is 0.0751. The molecule has 0 saturated heterocycles. The number of thioether (sulfide) groups is 1. The molecule has 1 heterocycles. The number of anilines is 2. The van der Waals surface area contributed by atoms with Crippen LogP contribution in [0.5, 0.6) is 0 Å². The van der Waals surface area contributed by atoms with Crippen LogP contribution in [0, 0.1) is 18.8 Å². The first kappa shape index (κ1) is 24.1. The quantitative estimate of drug-likeness (QED) is 0.487. The van der Waals surface area contributed by atoms with Gasteiger partial charge in [0, 0.05) is 28.7 Å². The van der Waals surface area contributed by atoms with E-state index < -0.39 is 0 Å². The summed E-state index contributed by atoms with van der Waals surface area (Å²) < 4.78 is 0. The SMILES string of the molecule is Cc1ccc(NC2=C(Sc3ccc(NC(=O)C4CCCC4)cc3)C(=O)N(CC(C)C)C2=O)cc1. The molecule has 1 aliphatic carbocycles. The van der Waals surface area contributed by atoms with Crippen molar-refractivity contribution in [2.75, 3.05) is 17.2 Å². The van der Waals surface area contributed by atoms with E-state index in [0.717, 1.165) is 47.5 Å². The number of aryl methyl sites for hydroxylation is 1. The number of hydrogen-bond acceptors (Lipinski definition) is 5. The van der Waals surface area contributed by atoms with Crippen LogP contribution in [0.15, 0.2) is 64.0 Å². The minimum atomic E-state index is -0.303. The lowest BCUT2D eigenvalue weighted by Gasteiger charge is -2.17. The second-order valence-electron chi connectivity index (χ2n) is 9.41. The van der Waals surface area contributed by atoms with Crippen molar-refractivity contribution in [2.45, 2.75) is 51.3 Å². The Balaban J connectivity index is 1.53. The van der Waals surface area contributed by atoms with Crippen LogP contribution in [0.4, 0.5) is 11.4 Å². The van der Waals surface area contributed by atoms with Crippen molar-refractivity contribution < 1.29 is 14.4 Å². The predicted molar refractivity (Wildman–Crippen MR) is 136 cm³/mol. The third kappa shape index (κ3) is 5.53. The highest BCUT2D eigenvalue weighted by atomic mass is 32.2. The van der Waals surface area contributed by atoms with Crippen LogP contribution in [-0.2, 0) is 14.4 Å². The summed E-state index contributed by atoms with van der Waals surface area (Å²) in [4.78, 5) is 41.3. The third-order valence-corrected chi connectivity index (χ3v) is 7.15. The van der Waals surface area contributed by atoms with Gasteiger partial charge >= 0.3 is 0 Å². The number of imide groups is 1. The molecule has 0 aromatic heterocycles. The van der Waals surface area contributed by atoms with Crippen molar-refractivity contribution >= 4 is 40.9 Å². The number of carbonyl (C=O) groups excluding carboxylic acids is 3. The molecule has 2 aromatic carbocycles. The van der Waals surface area contributed by atoms with Gasteiger partial charge in [0.2, 0.25) is 5.91 Å². The van der Waals surface area contributed by atoms with Gasteiger partial charge in [-0.1, -0.05) is 56.1 Å². The Labute approximate surface area is 205 Å². The lowest BCUT2D eigenvalue weighted by Crippen LogP contribution is -2.35. The Kier molecular flexibility index (Phi) is 7.41. The standard InChI is InChI=1S/C27H31N3O3S/c1-17(2)16-30-26(32)23(28-20-10-8-18(3)9-11-20)24(27(30)33)34-22-14-12-21(13-15-22)29-25(31)19-6-4-5-7-19/h8-15,17,19,28H,4-7,16H2,1-3H3,(H,29,31). The molecule has 178 valence electrons. The first-order chi connectivity index (χ1) is 16.3. The number of carbonyl (C=O) groups is 3. The molecule has 7 heteroatoms. The lowest BCUT2D eigenvalue weighted by atomic mass is 10.1. The van der Waals surface area contributed by atoms with Gasteiger partial charge in [0.05, 0.1) is 0 Å². The summed E-state index contributed by atoms with van der Waals surface area (Å²) in [6.45, 7) is 6.33. The zero-order valence-electron chi connectivity index (χ0n) is 19.9. The summed E-state index contributed by atoms with van der Waals surface area (Å²) in [7, 11) is 0. The molecular weight excluding hydrogens is 446 g/mol. The molecule has 1 aliphatic heterocycles. The second kappa shape index (κ2) is 10.5. The number of nitrogens with zero attached hydrogens (tertiary/aromatic N) is 1. The van der Waals surface area contributed by atoms with Crippen molar-refractivity contribution in [3.8, 4) is 0 Å². The molecule has 1 fully saturated rings. The molecular formula is C27H31N3O3S. The summed E-state index contributed by atoms with van der Waals surface area (Å²) in [5.74, 6) is -0.241. The van der Waals surface area contributed by atoms with Crippen LogP contribution in [0.1, 0.15) is 45.1 Å². The largest absolute Gasteiger partial charge is 0.350 e. The molecule has 2 N–H and O–H groups in total. The zero-order chi connectivity index (χ0) is 24.2. The van der Waals surface area contributed by atoms with E-state index in [4.69, 9.17) is 0 Å². The Morgan fingerprint density at radius 1 is 0.971 bits per heavy atom. The van der Waals surface area contributed by atoms with Gasteiger partial charge in [-0.2, -0.15) is 0 Å². The van der Waals surface area contributed by atoms with Crippen LogP contribution in [0.2, 0.25) is 0 Å². The van der Waals surface area contributed by atoms with E-state index in [1.165, 1.54) is 16.7 Å². The van der Waals surface area contributed by atoms with Crippen LogP contribution >= 0.6 is 11.8 Å². The third-order valence-electron chi connectivity index (χ3n) is 6.06. The van der Waals surface area contributed by atoms with Gasteiger partial charge in [0.25, 0.3) is 11.8 Å². The molecule has 2 aliphatic rings. The van der Waals surface area contributed by atoms with Gasteiger partial charge in [0.1, 0.15) is 10.6 Å². The summed E-state index contributed by atoms with van der Waals surface area (Å²) in [6.07, 6.45) is 4.13. The molecule has 6 nitrogen and oxygen atoms in total. The summed E-state index contributed by atoms with van der Waals surface area (Å²) >= 11 is 1.27. The van der Waals surface area contributed by atoms with Crippen LogP contribution in [0.25, 0.3) is 0 Å². The first-order valence-corrected chi connectivity index (χ1v) is 12.7. The van der Waals surface area contributed by atoms with Crippen molar-refractivity contribution in [3.05, 3.63) is 64.7 Å². The number of benzene rings is 2. The second-order valence-corrected chi connectivity index (χ2v) is 10.5. The molecule has 0 bridgehead atoms. The van der Waals surface area contributed by atoms with E-state index in [2.05, 4.69) is 10.6 Å². The van der Waals surface area contributed by atoms with E-state index >= 15 is 0 Å². The summed E-state index contributed by atoms with van der Waals surface area (Å²) in [6, 6.07) is 15.1. The maximum Gasteiger partial charge on any atom is 0.278 e. The average Bonchev–Trinajstić information content (AvgIpc) is 3.42. The van der Waals surface area contributed by atoms with E-state index in [1.54, 1.807) is 0 Å². The monoisotopic (exact) mass is 477 g/mol. The minimum Gasteiger partial charge on any atom is -0.350 e.